The molecule has 3 aromatic rings. The largest absolute Gasteiger partial charge is 0.489 e. The van der Waals surface area contributed by atoms with Crippen LogP contribution in [0.1, 0.15) is 42.3 Å². The molecule has 0 atom stereocenters. The smallest absolute Gasteiger partial charge is 0.184 e. The van der Waals surface area contributed by atoms with Gasteiger partial charge in [0.2, 0.25) is 0 Å². The standard InChI is InChI=1S/C26H28N2O4/c1-26(2,3)28(27-30)17-25(29)22-14-23(31-18-20-10-6-4-7-11-20)16-24(15-22)32-19-21-12-8-5-9-13-21/h4-16H,17-19H2,1-3H3. The first-order valence-corrected chi connectivity index (χ1v) is 10.5. The highest BCUT2D eigenvalue weighted by atomic mass is 16.5. The summed E-state index contributed by atoms with van der Waals surface area (Å²) in [7, 11) is 0. The van der Waals surface area contributed by atoms with E-state index in [1.165, 1.54) is 5.01 Å². The Labute approximate surface area is 188 Å². The monoisotopic (exact) mass is 432 g/mol. The lowest BCUT2D eigenvalue weighted by Crippen LogP contribution is -2.40. The zero-order valence-corrected chi connectivity index (χ0v) is 18.7. The molecule has 0 aromatic heterocycles. The third-order valence-corrected chi connectivity index (χ3v) is 4.86. The molecule has 0 heterocycles. The van der Waals surface area contributed by atoms with E-state index in [2.05, 4.69) is 5.29 Å². The second-order valence-electron chi connectivity index (χ2n) is 8.47. The van der Waals surface area contributed by atoms with Crippen LogP contribution in [0.25, 0.3) is 0 Å². The Bertz CT molecular complexity index is 969. The van der Waals surface area contributed by atoms with E-state index in [9.17, 15) is 9.70 Å². The van der Waals surface area contributed by atoms with Gasteiger partial charge < -0.3 is 9.47 Å². The summed E-state index contributed by atoms with van der Waals surface area (Å²) in [5.74, 6) is 0.794. The number of ketones is 1. The number of hydrogen-bond acceptors (Lipinski definition) is 5. The summed E-state index contributed by atoms with van der Waals surface area (Å²) in [6.07, 6.45) is 0. The predicted molar refractivity (Wildman–Crippen MR) is 125 cm³/mol. The molecule has 0 aliphatic carbocycles. The van der Waals surface area contributed by atoms with Gasteiger partial charge in [0, 0.05) is 11.6 Å². The van der Waals surface area contributed by atoms with E-state index in [1.807, 2.05) is 81.4 Å². The second kappa shape index (κ2) is 10.6. The lowest BCUT2D eigenvalue weighted by atomic mass is 10.1. The van der Waals surface area contributed by atoms with Crippen molar-refractivity contribution in [3.63, 3.8) is 0 Å². The third kappa shape index (κ3) is 6.67. The van der Waals surface area contributed by atoms with Gasteiger partial charge in [-0.05, 0) is 44.0 Å². The number of carbonyl (C=O) groups excluding carboxylic acids is 1. The van der Waals surface area contributed by atoms with Crippen LogP contribution in [0.15, 0.2) is 84.1 Å². The van der Waals surface area contributed by atoms with Gasteiger partial charge in [-0.2, -0.15) is 0 Å². The normalized spacial score (nSPS) is 11.0. The first-order chi connectivity index (χ1) is 15.3. The summed E-state index contributed by atoms with van der Waals surface area (Å²) in [4.78, 5) is 24.2. The Balaban J connectivity index is 1.81. The molecule has 32 heavy (non-hydrogen) atoms. The first kappa shape index (κ1) is 23.0. The SMILES string of the molecule is CC(C)(C)N(CC(=O)c1cc(OCc2ccccc2)cc(OCc2ccccc2)c1)N=O. The van der Waals surface area contributed by atoms with Gasteiger partial charge >= 0.3 is 0 Å². The number of ether oxygens (including phenoxy) is 2. The molecule has 0 N–H and O–H groups in total. The van der Waals surface area contributed by atoms with Crippen LogP contribution in [0.3, 0.4) is 0 Å². The maximum absolute atomic E-state index is 13.0. The fourth-order valence-electron chi connectivity index (χ4n) is 3.00. The maximum atomic E-state index is 13.0. The zero-order valence-electron chi connectivity index (χ0n) is 18.7. The molecule has 0 saturated carbocycles. The van der Waals surface area contributed by atoms with Gasteiger partial charge in [-0.3, -0.25) is 4.79 Å². The van der Waals surface area contributed by atoms with Gasteiger partial charge in [0.1, 0.15) is 31.3 Å². The molecule has 0 aliphatic heterocycles. The molecular weight excluding hydrogens is 404 g/mol. The number of benzene rings is 3. The van der Waals surface area contributed by atoms with Crippen molar-refractivity contribution in [1.82, 2.24) is 5.01 Å². The Morgan fingerprint density at radius 3 is 1.69 bits per heavy atom. The van der Waals surface area contributed by atoms with Crippen LogP contribution < -0.4 is 9.47 Å². The van der Waals surface area contributed by atoms with Gasteiger partial charge in [-0.25, -0.2) is 5.01 Å². The number of carbonyl (C=O) groups is 1. The van der Waals surface area contributed by atoms with Crippen LogP contribution in [0, 0.1) is 4.91 Å². The average Bonchev–Trinajstić information content (AvgIpc) is 2.80. The molecule has 0 amide bonds. The van der Waals surface area contributed by atoms with Gasteiger partial charge in [-0.1, -0.05) is 60.7 Å². The van der Waals surface area contributed by atoms with Crippen molar-refractivity contribution in [2.75, 3.05) is 6.54 Å². The van der Waals surface area contributed by atoms with Crippen molar-refractivity contribution < 1.29 is 14.3 Å². The first-order valence-electron chi connectivity index (χ1n) is 10.5. The van der Waals surface area contributed by atoms with Crippen LogP contribution in [0.5, 0.6) is 11.5 Å². The van der Waals surface area contributed by atoms with Crippen molar-refractivity contribution >= 4 is 5.78 Å². The molecule has 6 heteroatoms. The summed E-state index contributed by atoms with van der Waals surface area (Å²) in [5.41, 5.74) is 1.86. The molecule has 166 valence electrons. The van der Waals surface area contributed by atoms with Crippen LogP contribution in [-0.4, -0.2) is 22.9 Å². The molecular formula is C26H28N2O4. The van der Waals surface area contributed by atoms with Crippen LogP contribution in [0.4, 0.5) is 0 Å². The summed E-state index contributed by atoms with van der Waals surface area (Å²) in [6.45, 7) is 6.08. The Morgan fingerprint density at radius 1 is 0.812 bits per heavy atom. The van der Waals surface area contributed by atoms with E-state index in [-0.39, 0.29) is 12.3 Å². The minimum Gasteiger partial charge on any atom is -0.489 e. The maximum Gasteiger partial charge on any atom is 0.184 e. The Morgan fingerprint density at radius 2 is 1.28 bits per heavy atom. The lowest BCUT2D eigenvalue weighted by Gasteiger charge is -2.29. The summed E-state index contributed by atoms with van der Waals surface area (Å²) >= 11 is 0. The van der Waals surface area contributed by atoms with Crippen molar-refractivity contribution in [2.45, 2.75) is 39.5 Å². The topological polar surface area (TPSA) is 68.2 Å². The number of Topliss-reactive ketones (excluding diaryl/α,β-unsaturated/α-hetero) is 1. The molecule has 0 aliphatic rings. The lowest BCUT2D eigenvalue weighted by molar-refractivity contribution is 0.0818. The molecule has 0 saturated heterocycles. The molecule has 0 radical (unpaired) electrons. The van der Waals surface area contributed by atoms with Gasteiger partial charge in [0.15, 0.2) is 5.78 Å². The molecule has 6 nitrogen and oxygen atoms in total. The van der Waals surface area contributed by atoms with Crippen LogP contribution in [0.2, 0.25) is 0 Å². The predicted octanol–water partition coefficient (Wildman–Crippen LogP) is 5.81. The summed E-state index contributed by atoms with van der Waals surface area (Å²) < 4.78 is 11.9. The quantitative estimate of drug-likeness (QED) is 0.230. The van der Waals surface area contributed by atoms with Crippen molar-refractivity contribution in [3.05, 3.63) is 100 Å². The molecule has 3 aromatic carbocycles. The van der Waals surface area contributed by atoms with E-state index in [4.69, 9.17) is 9.47 Å². The number of hydrogen-bond donors (Lipinski definition) is 0. The molecule has 0 bridgehead atoms. The van der Waals surface area contributed by atoms with Crippen molar-refractivity contribution in [1.29, 1.82) is 0 Å². The van der Waals surface area contributed by atoms with Crippen LogP contribution >= 0.6 is 0 Å². The second-order valence-corrected chi connectivity index (χ2v) is 8.47. The van der Waals surface area contributed by atoms with Gasteiger partial charge in [0.25, 0.3) is 0 Å². The van der Waals surface area contributed by atoms with Gasteiger partial charge in [-0.15, -0.1) is 4.91 Å². The minimum absolute atomic E-state index is 0.132. The zero-order chi connectivity index (χ0) is 23.0. The average molecular weight is 433 g/mol. The highest BCUT2D eigenvalue weighted by Crippen LogP contribution is 2.26. The van der Waals surface area contributed by atoms with Gasteiger partial charge in [0.05, 0.1) is 10.8 Å². The summed E-state index contributed by atoms with van der Waals surface area (Å²) in [6, 6.07) is 24.7. The molecule has 0 unspecified atom stereocenters. The number of nitrogens with zero attached hydrogens (tertiary/aromatic N) is 2. The highest BCUT2D eigenvalue weighted by molar-refractivity contribution is 5.98. The number of nitroso groups, excluding NO2 is 1. The fraction of sp³-hybridized carbons (Fsp3) is 0.269. The summed E-state index contributed by atoms with van der Waals surface area (Å²) in [5, 5.41) is 4.26. The Hall–Kier alpha value is -3.67. The molecule has 0 spiro atoms. The van der Waals surface area contributed by atoms with Crippen molar-refractivity contribution in [3.8, 4) is 11.5 Å². The third-order valence-electron chi connectivity index (χ3n) is 4.86. The van der Waals surface area contributed by atoms with Crippen LogP contribution in [-0.2, 0) is 13.2 Å². The Kier molecular flexibility index (Phi) is 7.60. The van der Waals surface area contributed by atoms with E-state index in [0.717, 1.165) is 11.1 Å². The van der Waals surface area contributed by atoms with E-state index in [0.29, 0.717) is 30.3 Å². The van der Waals surface area contributed by atoms with E-state index >= 15 is 0 Å². The van der Waals surface area contributed by atoms with E-state index < -0.39 is 5.54 Å². The minimum atomic E-state index is -0.564. The van der Waals surface area contributed by atoms with E-state index in [1.54, 1.807) is 18.2 Å². The fourth-order valence-corrected chi connectivity index (χ4v) is 3.00. The molecule has 3 rings (SSSR count). The highest BCUT2D eigenvalue weighted by Gasteiger charge is 2.24. The molecule has 0 fully saturated rings. The van der Waals surface area contributed by atoms with Crippen molar-refractivity contribution in [2.24, 2.45) is 5.29 Å². The number of rotatable bonds is 10.